The molecule has 6 heteroatoms. The Labute approximate surface area is 91.1 Å². The van der Waals surface area contributed by atoms with Gasteiger partial charge in [-0.1, -0.05) is 0 Å². The highest BCUT2D eigenvalue weighted by Crippen LogP contribution is 2.15. The fraction of sp³-hybridized carbons (Fsp3) is 0.300. The van der Waals surface area contributed by atoms with E-state index in [9.17, 15) is 13.6 Å². The quantitative estimate of drug-likeness (QED) is 0.861. The van der Waals surface area contributed by atoms with Crippen molar-refractivity contribution < 1.29 is 23.4 Å². The normalized spacial score (nSPS) is 9.94. The molecule has 4 nitrogen and oxygen atoms in total. The molecule has 0 aliphatic carbocycles. The number of carbonyl (C=O) groups is 1. The van der Waals surface area contributed by atoms with E-state index in [1.54, 1.807) is 0 Å². The first-order valence-corrected chi connectivity index (χ1v) is 4.52. The van der Waals surface area contributed by atoms with Crippen molar-refractivity contribution in [2.24, 2.45) is 0 Å². The van der Waals surface area contributed by atoms with E-state index in [0.717, 1.165) is 23.1 Å². The van der Waals surface area contributed by atoms with Crippen LogP contribution in [0.15, 0.2) is 18.2 Å². The fourth-order valence-corrected chi connectivity index (χ4v) is 1.01. The van der Waals surface area contributed by atoms with Crippen molar-refractivity contribution in [3.63, 3.8) is 0 Å². The largest absolute Gasteiger partial charge is 0.492 e. The van der Waals surface area contributed by atoms with Gasteiger partial charge in [-0.2, -0.15) is 0 Å². The second-order valence-electron chi connectivity index (χ2n) is 3.16. The summed E-state index contributed by atoms with van der Waals surface area (Å²) in [7, 11) is 1.37. The Morgan fingerprint density at radius 1 is 1.38 bits per heavy atom. The summed E-state index contributed by atoms with van der Waals surface area (Å²) in [6.45, 7) is 0.152. The molecule has 16 heavy (non-hydrogen) atoms. The number of carboxylic acid groups (broad SMARTS) is 1. The smallest absolute Gasteiger partial charge is 0.407 e. The van der Waals surface area contributed by atoms with Crippen LogP contribution in [0.25, 0.3) is 0 Å². The van der Waals surface area contributed by atoms with Gasteiger partial charge in [0.05, 0.1) is 6.54 Å². The van der Waals surface area contributed by atoms with E-state index in [1.165, 1.54) is 7.05 Å². The van der Waals surface area contributed by atoms with Gasteiger partial charge >= 0.3 is 6.09 Å². The number of benzene rings is 1. The molecule has 0 aliphatic rings. The van der Waals surface area contributed by atoms with E-state index >= 15 is 0 Å². The summed E-state index contributed by atoms with van der Waals surface area (Å²) in [4.78, 5) is 11.4. The summed E-state index contributed by atoms with van der Waals surface area (Å²) in [6.07, 6.45) is -1.09. The molecule has 1 amide bonds. The van der Waals surface area contributed by atoms with Crippen LogP contribution in [0.5, 0.6) is 5.75 Å². The number of rotatable bonds is 4. The minimum atomic E-state index is -1.09. The van der Waals surface area contributed by atoms with E-state index in [4.69, 9.17) is 9.84 Å². The Morgan fingerprint density at radius 3 is 2.44 bits per heavy atom. The molecular weight excluding hydrogens is 220 g/mol. The molecule has 1 rings (SSSR count). The van der Waals surface area contributed by atoms with Crippen molar-refractivity contribution in [3.05, 3.63) is 29.8 Å². The number of nitrogens with zero attached hydrogens (tertiary/aromatic N) is 1. The maximum absolute atomic E-state index is 12.7. The Hall–Kier alpha value is -1.85. The summed E-state index contributed by atoms with van der Waals surface area (Å²) in [5.41, 5.74) is 0. The van der Waals surface area contributed by atoms with E-state index in [-0.39, 0.29) is 18.9 Å². The first-order chi connectivity index (χ1) is 7.49. The van der Waals surface area contributed by atoms with Gasteiger partial charge < -0.3 is 14.7 Å². The van der Waals surface area contributed by atoms with Crippen LogP contribution in [0.2, 0.25) is 0 Å². The molecule has 1 aromatic carbocycles. The minimum Gasteiger partial charge on any atom is -0.492 e. The molecule has 0 aromatic heterocycles. The summed E-state index contributed by atoms with van der Waals surface area (Å²) in [5, 5.41) is 8.52. The van der Waals surface area contributed by atoms with E-state index in [2.05, 4.69) is 0 Å². The molecule has 0 heterocycles. The monoisotopic (exact) mass is 231 g/mol. The predicted octanol–water partition coefficient (Wildman–Crippen LogP) is 1.95. The number of likely N-dealkylation sites (N-methyl/N-ethyl adjacent to an activating group) is 1. The van der Waals surface area contributed by atoms with Gasteiger partial charge in [0, 0.05) is 25.2 Å². The molecule has 0 saturated carbocycles. The molecule has 1 N–H and O–H groups in total. The average molecular weight is 231 g/mol. The molecule has 0 saturated heterocycles. The third kappa shape index (κ3) is 3.72. The molecule has 0 unspecified atom stereocenters. The average Bonchev–Trinajstić information content (AvgIpc) is 2.15. The number of hydrogen-bond donors (Lipinski definition) is 1. The van der Waals surface area contributed by atoms with Crippen molar-refractivity contribution >= 4 is 6.09 Å². The van der Waals surface area contributed by atoms with E-state index < -0.39 is 17.7 Å². The molecular formula is C10H11F2NO3. The standard InChI is InChI=1S/C10H11F2NO3/c1-13(10(14)15)2-3-16-9-5-7(11)4-8(12)6-9/h4-6H,2-3H2,1H3,(H,14,15). The minimum absolute atomic E-state index is 0.0334. The van der Waals surface area contributed by atoms with Crippen LogP contribution in [0.4, 0.5) is 13.6 Å². The molecule has 0 bridgehead atoms. The zero-order chi connectivity index (χ0) is 12.1. The summed E-state index contributed by atoms with van der Waals surface area (Å²) in [5.74, 6) is -1.43. The lowest BCUT2D eigenvalue weighted by atomic mass is 10.3. The maximum Gasteiger partial charge on any atom is 0.407 e. The third-order valence-corrected chi connectivity index (χ3v) is 1.86. The molecule has 0 atom stereocenters. The molecule has 0 aliphatic heterocycles. The topological polar surface area (TPSA) is 49.8 Å². The number of hydrogen-bond acceptors (Lipinski definition) is 2. The second-order valence-corrected chi connectivity index (χ2v) is 3.16. The Kier molecular flexibility index (Phi) is 4.04. The molecule has 0 fully saturated rings. The van der Waals surface area contributed by atoms with Crippen molar-refractivity contribution in [1.82, 2.24) is 4.90 Å². The lowest BCUT2D eigenvalue weighted by Gasteiger charge is -2.13. The third-order valence-electron chi connectivity index (χ3n) is 1.86. The molecule has 88 valence electrons. The lowest BCUT2D eigenvalue weighted by molar-refractivity contribution is 0.147. The summed E-state index contributed by atoms with van der Waals surface area (Å²) in [6, 6.07) is 2.80. The first kappa shape index (κ1) is 12.2. The zero-order valence-electron chi connectivity index (χ0n) is 8.61. The fourth-order valence-electron chi connectivity index (χ4n) is 1.01. The van der Waals surface area contributed by atoms with Crippen molar-refractivity contribution in [1.29, 1.82) is 0 Å². The van der Waals surface area contributed by atoms with Crippen LogP contribution in [-0.4, -0.2) is 36.3 Å². The second kappa shape index (κ2) is 5.29. The van der Waals surface area contributed by atoms with Crippen molar-refractivity contribution in [3.8, 4) is 5.75 Å². The van der Waals surface area contributed by atoms with Crippen LogP contribution in [0.3, 0.4) is 0 Å². The van der Waals surface area contributed by atoms with Gasteiger partial charge in [-0.15, -0.1) is 0 Å². The van der Waals surface area contributed by atoms with Crippen LogP contribution < -0.4 is 4.74 Å². The molecule has 0 radical (unpaired) electrons. The van der Waals surface area contributed by atoms with Gasteiger partial charge in [0.1, 0.15) is 24.0 Å². The van der Waals surface area contributed by atoms with Gasteiger partial charge in [-0.3, -0.25) is 0 Å². The van der Waals surface area contributed by atoms with E-state index in [0.29, 0.717) is 0 Å². The van der Waals surface area contributed by atoms with Gasteiger partial charge in [0.2, 0.25) is 0 Å². The highest BCUT2D eigenvalue weighted by Gasteiger charge is 2.05. The predicted molar refractivity (Wildman–Crippen MR) is 52.5 cm³/mol. The summed E-state index contributed by atoms with van der Waals surface area (Å²) < 4.78 is 30.4. The number of halogens is 2. The van der Waals surface area contributed by atoms with E-state index in [1.807, 2.05) is 0 Å². The van der Waals surface area contributed by atoms with Gasteiger partial charge in [0.15, 0.2) is 0 Å². The maximum atomic E-state index is 12.7. The first-order valence-electron chi connectivity index (χ1n) is 4.52. The van der Waals surface area contributed by atoms with Crippen LogP contribution in [-0.2, 0) is 0 Å². The molecule has 0 spiro atoms. The Bertz CT molecular complexity index is 364. The van der Waals surface area contributed by atoms with Crippen molar-refractivity contribution in [2.75, 3.05) is 20.2 Å². The number of ether oxygens (including phenoxy) is 1. The highest BCUT2D eigenvalue weighted by atomic mass is 19.1. The lowest BCUT2D eigenvalue weighted by Crippen LogP contribution is -2.29. The number of amides is 1. The Morgan fingerprint density at radius 2 is 1.94 bits per heavy atom. The summed E-state index contributed by atoms with van der Waals surface area (Å²) >= 11 is 0. The van der Waals surface area contributed by atoms with Crippen molar-refractivity contribution in [2.45, 2.75) is 0 Å². The van der Waals surface area contributed by atoms with Crippen LogP contribution in [0, 0.1) is 11.6 Å². The van der Waals surface area contributed by atoms with Crippen LogP contribution >= 0.6 is 0 Å². The highest BCUT2D eigenvalue weighted by molar-refractivity contribution is 5.64. The van der Waals surface area contributed by atoms with Gasteiger partial charge in [-0.25, -0.2) is 13.6 Å². The molecule has 1 aromatic rings. The van der Waals surface area contributed by atoms with Gasteiger partial charge in [-0.05, 0) is 0 Å². The van der Waals surface area contributed by atoms with Crippen LogP contribution in [0.1, 0.15) is 0 Å². The Balaban J connectivity index is 2.46. The zero-order valence-corrected chi connectivity index (χ0v) is 8.61. The van der Waals surface area contributed by atoms with Gasteiger partial charge in [0.25, 0.3) is 0 Å². The SMILES string of the molecule is CN(CCOc1cc(F)cc(F)c1)C(=O)O.